The first-order chi connectivity index (χ1) is 9.77. The number of halogens is 1. The van der Waals surface area contributed by atoms with Gasteiger partial charge in [-0.05, 0) is 30.7 Å². The number of methoxy groups -OCH3 is 1. The van der Waals surface area contributed by atoms with Crippen LogP contribution < -0.4 is 10.1 Å². The maximum absolute atomic E-state index is 6.18. The van der Waals surface area contributed by atoms with E-state index in [2.05, 4.69) is 12.2 Å². The monoisotopic (exact) mass is 301 g/mol. The molecule has 0 aromatic heterocycles. The third-order valence-corrected chi connectivity index (χ3v) is 2.99. The van der Waals surface area contributed by atoms with Gasteiger partial charge in [-0.2, -0.15) is 0 Å². The summed E-state index contributed by atoms with van der Waals surface area (Å²) in [7, 11) is 1.69. The smallest absolute Gasteiger partial charge is 0.138 e. The summed E-state index contributed by atoms with van der Waals surface area (Å²) < 4.78 is 15.9. The average Bonchev–Trinajstić information content (AvgIpc) is 2.46. The Labute approximate surface area is 126 Å². The lowest BCUT2D eigenvalue weighted by atomic mass is 10.2. The summed E-state index contributed by atoms with van der Waals surface area (Å²) in [4.78, 5) is 0. The van der Waals surface area contributed by atoms with Crippen molar-refractivity contribution < 1.29 is 14.2 Å². The maximum Gasteiger partial charge on any atom is 0.138 e. The zero-order valence-electron chi connectivity index (χ0n) is 12.3. The molecule has 0 spiro atoms. The molecule has 0 saturated heterocycles. The first kappa shape index (κ1) is 17.2. The lowest BCUT2D eigenvalue weighted by Gasteiger charge is -2.10. The van der Waals surface area contributed by atoms with Crippen LogP contribution >= 0.6 is 11.6 Å². The molecule has 0 aliphatic heterocycles. The number of hydrogen-bond acceptors (Lipinski definition) is 4. The summed E-state index contributed by atoms with van der Waals surface area (Å²) in [6.07, 6.45) is 0.899. The van der Waals surface area contributed by atoms with Gasteiger partial charge in [0.15, 0.2) is 0 Å². The summed E-state index contributed by atoms with van der Waals surface area (Å²) in [5.41, 5.74) is 1.15. The topological polar surface area (TPSA) is 39.7 Å². The van der Waals surface area contributed by atoms with E-state index >= 15 is 0 Å². The van der Waals surface area contributed by atoms with Crippen LogP contribution in [0.2, 0.25) is 5.02 Å². The first-order valence-electron chi connectivity index (χ1n) is 6.96. The van der Waals surface area contributed by atoms with Crippen LogP contribution in [0.15, 0.2) is 18.2 Å². The largest absolute Gasteiger partial charge is 0.490 e. The summed E-state index contributed by atoms with van der Waals surface area (Å²) in [5.74, 6) is 0.701. The molecule has 0 fully saturated rings. The Morgan fingerprint density at radius 3 is 2.70 bits per heavy atom. The zero-order chi connectivity index (χ0) is 14.6. The van der Waals surface area contributed by atoms with Gasteiger partial charge in [-0.3, -0.25) is 0 Å². The molecular formula is C15H24ClNO3. The van der Waals surface area contributed by atoms with Gasteiger partial charge in [0, 0.05) is 26.9 Å². The quantitative estimate of drug-likeness (QED) is 0.638. The maximum atomic E-state index is 6.18. The van der Waals surface area contributed by atoms with Crippen LogP contribution in [0.1, 0.15) is 18.9 Å². The number of rotatable bonds is 11. The van der Waals surface area contributed by atoms with Gasteiger partial charge >= 0.3 is 0 Å². The minimum atomic E-state index is 0.499. The fourth-order valence-electron chi connectivity index (χ4n) is 1.66. The van der Waals surface area contributed by atoms with Crippen LogP contribution in [-0.4, -0.2) is 40.1 Å². The van der Waals surface area contributed by atoms with Crippen LogP contribution in [0.5, 0.6) is 5.75 Å². The first-order valence-corrected chi connectivity index (χ1v) is 7.34. The van der Waals surface area contributed by atoms with Crippen LogP contribution in [0.25, 0.3) is 0 Å². The van der Waals surface area contributed by atoms with E-state index in [9.17, 15) is 0 Å². The Kier molecular flexibility index (Phi) is 9.41. The van der Waals surface area contributed by atoms with E-state index in [1.807, 2.05) is 18.2 Å². The normalized spacial score (nSPS) is 10.8. The molecule has 0 heterocycles. The Hall–Kier alpha value is -0.810. The molecule has 1 aromatic rings. The summed E-state index contributed by atoms with van der Waals surface area (Å²) in [6, 6.07) is 5.85. The number of benzene rings is 1. The van der Waals surface area contributed by atoms with E-state index < -0.39 is 0 Å². The molecule has 114 valence electrons. The second-order valence-corrected chi connectivity index (χ2v) is 4.76. The Morgan fingerprint density at radius 1 is 1.15 bits per heavy atom. The molecule has 0 unspecified atom stereocenters. The molecule has 4 nitrogen and oxygen atoms in total. The van der Waals surface area contributed by atoms with Crippen molar-refractivity contribution in [3.05, 3.63) is 28.8 Å². The fraction of sp³-hybridized carbons (Fsp3) is 0.600. The zero-order valence-corrected chi connectivity index (χ0v) is 13.0. The van der Waals surface area contributed by atoms with E-state index in [1.54, 1.807) is 7.11 Å². The van der Waals surface area contributed by atoms with Crippen molar-refractivity contribution in [3.8, 4) is 5.75 Å². The Bertz CT molecular complexity index is 374. The van der Waals surface area contributed by atoms with Gasteiger partial charge < -0.3 is 19.5 Å². The molecular weight excluding hydrogens is 278 g/mol. The van der Waals surface area contributed by atoms with E-state index in [-0.39, 0.29) is 0 Å². The molecule has 0 saturated carbocycles. The molecule has 0 atom stereocenters. The molecule has 1 aromatic carbocycles. The molecule has 0 radical (unpaired) electrons. The van der Waals surface area contributed by atoms with Crippen molar-refractivity contribution >= 4 is 11.6 Å². The van der Waals surface area contributed by atoms with Gasteiger partial charge in [0.2, 0.25) is 0 Å². The lowest BCUT2D eigenvalue weighted by Crippen LogP contribution is -2.12. The van der Waals surface area contributed by atoms with Crippen molar-refractivity contribution in [2.45, 2.75) is 19.9 Å². The van der Waals surface area contributed by atoms with E-state index in [0.717, 1.165) is 31.7 Å². The van der Waals surface area contributed by atoms with Gasteiger partial charge in [0.05, 0.1) is 11.6 Å². The van der Waals surface area contributed by atoms with Crippen molar-refractivity contribution in [1.29, 1.82) is 0 Å². The highest BCUT2D eigenvalue weighted by atomic mass is 35.5. The van der Waals surface area contributed by atoms with E-state index in [4.69, 9.17) is 25.8 Å². The van der Waals surface area contributed by atoms with Gasteiger partial charge in [0.25, 0.3) is 0 Å². The summed E-state index contributed by atoms with van der Waals surface area (Å²) >= 11 is 6.18. The predicted octanol–water partition coefficient (Wildman–Crippen LogP) is 2.88. The molecule has 1 N–H and O–H groups in total. The molecule has 0 aliphatic rings. The predicted molar refractivity (Wildman–Crippen MR) is 81.6 cm³/mol. The molecule has 20 heavy (non-hydrogen) atoms. The third kappa shape index (κ3) is 7.10. The highest BCUT2D eigenvalue weighted by Gasteiger charge is 2.03. The van der Waals surface area contributed by atoms with Crippen molar-refractivity contribution in [2.24, 2.45) is 0 Å². The molecule has 0 bridgehead atoms. The summed E-state index contributed by atoms with van der Waals surface area (Å²) in [5, 5.41) is 3.90. The number of ether oxygens (including phenoxy) is 3. The standard InChI is InChI=1S/C15H24ClNO3/c1-3-17-12-13-5-6-15(14(16)11-13)20-10-9-19-8-4-7-18-2/h5-6,11,17H,3-4,7-10,12H2,1-2H3. The second-order valence-electron chi connectivity index (χ2n) is 4.35. The van der Waals surface area contributed by atoms with Gasteiger partial charge in [0.1, 0.15) is 12.4 Å². The Balaban J connectivity index is 2.23. The van der Waals surface area contributed by atoms with Crippen LogP contribution in [0, 0.1) is 0 Å². The summed E-state index contributed by atoms with van der Waals surface area (Å²) in [6.45, 7) is 6.30. The fourth-order valence-corrected chi connectivity index (χ4v) is 1.92. The van der Waals surface area contributed by atoms with Gasteiger partial charge in [-0.25, -0.2) is 0 Å². The van der Waals surface area contributed by atoms with Crippen LogP contribution in [0.4, 0.5) is 0 Å². The number of nitrogens with one attached hydrogen (secondary N) is 1. The third-order valence-electron chi connectivity index (χ3n) is 2.70. The van der Waals surface area contributed by atoms with Gasteiger partial charge in [-0.1, -0.05) is 24.6 Å². The second kappa shape index (κ2) is 10.9. The minimum Gasteiger partial charge on any atom is -0.490 e. The van der Waals surface area contributed by atoms with Crippen LogP contribution in [0.3, 0.4) is 0 Å². The molecule has 5 heteroatoms. The van der Waals surface area contributed by atoms with E-state index in [1.165, 1.54) is 0 Å². The molecule has 0 aliphatic carbocycles. The van der Waals surface area contributed by atoms with Crippen molar-refractivity contribution in [3.63, 3.8) is 0 Å². The van der Waals surface area contributed by atoms with E-state index in [0.29, 0.717) is 30.6 Å². The highest BCUT2D eigenvalue weighted by Crippen LogP contribution is 2.25. The number of hydrogen-bond donors (Lipinski definition) is 1. The van der Waals surface area contributed by atoms with Gasteiger partial charge in [-0.15, -0.1) is 0 Å². The van der Waals surface area contributed by atoms with Crippen LogP contribution in [-0.2, 0) is 16.0 Å². The van der Waals surface area contributed by atoms with Crippen molar-refractivity contribution in [2.75, 3.05) is 40.1 Å². The molecule has 0 amide bonds. The van der Waals surface area contributed by atoms with Crippen molar-refractivity contribution in [1.82, 2.24) is 5.32 Å². The minimum absolute atomic E-state index is 0.499. The highest BCUT2D eigenvalue weighted by molar-refractivity contribution is 6.32. The average molecular weight is 302 g/mol. The Morgan fingerprint density at radius 2 is 2.00 bits per heavy atom. The lowest BCUT2D eigenvalue weighted by molar-refractivity contribution is 0.0807. The molecule has 1 rings (SSSR count). The SMILES string of the molecule is CCNCc1ccc(OCCOCCCOC)c(Cl)c1.